The molecule has 0 saturated heterocycles. The second kappa shape index (κ2) is 4.45. The van der Waals surface area contributed by atoms with Gasteiger partial charge in [0.1, 0.15) is 6.33 Å². The third-order valence-electron chi connectivity index (χ3n) is 1.81. The number of carboxylic acid groups (broad SMARTS) is 1. The third kappa shape index (κ3) is 1.86. The quantitative estimate of drug-likeness (QED) is 0.451. The van der Waals surface area contributed by atoms with E-state index in [-0.39, 0.29) is 56.9 Å². The number of aryl methyl sites for hydroxylation is 1. The van der Waals surface area contributed by atoms with Gasteiger partial charge in [-0.05, 0) is 6.92 Å². The molecule has 6 nitrogen and oxygen atoms in total. The van der Waals surface area contributed by atoms with Crippen molar-refractivity contribution >= 4 is 11.7 Å². The monoisotopic (exact) mass is 216 g/mol. The smallest absolute Gasteiger partial charge is 0.545 e. The molecule has 0 aliphatic carbocycles. The third-order valence-corrected chi connectivity index (χ3v) is 1.81. The van der Waals surface area contributed by atoms with E-state index in [1.165, 1.54) is 16.9 Å². The van der Waals surface area contributed by atoms with Gasteiger partial charge in [0.2, 0.25) is 0 Å². The normalized spacial score (nSPS) is 9.79. The number of carbonyl (C=O) groups excluding carboxylic acids is 1. The van der Waals surface area contributed by atoms with Gasteiger partial charge >= 0.3 is 51.4 Å². The van der Waals surface area contributed by atoms with Gasteiger partial charge in [0.05, 0.1) is 5.97 Å². The SMILES string of the molecule is Cc1c(C(=O)[O-])cnc2nncn12.[K+]. The Hall–Kier alpha value is -0.344. The molecule has 7 heteroatoms. The van der Waals surface area contributed by atoms with Crippen LogP contribution in [0.2, 0.25) is 0 Å². The number of nitrogens with zero attached hydrogens (tertiary/aromatic N) is 4. The van der Waals surface area contributed by atoms with Crippen LogP contribution in [0.1, 0.15) is 16.1 Å². The van der Waals surface area contributed by atoms with E-state index in [1.807, 2.05) is 0 Å². The van der Waals surface area contributed by atoms with Crippen molar-refractivity contribution in [2.45, 2.75) is 6.92 Å². The van der Waals surface area contributed by atoms with Crippen molar-refractivity contribution in [1.29, 1.82) is 0 Å². The minimum Gasteiger partial charge on any atom is -0.545 e. The van der Waals surface area contributed by atoms with Gasteiger partial charge in [-0.15, -0.1) is 10.2 Å². The van der Waals surface area contributed by atoms with Crippen molar-refractivity contribution in [2.24, 2.45) is 0 Å². The maximum Gasteiger partial charge on any atom is 1.00 e. The standard InChI is InChI=1S/C7H6N4O2.K/c1-4-5(6(12)13)2-8-7-10-9-3-11(4)7;/h2-3H,1H3,(H,12,13);/q;+1/p-1. The zero-order valence-corrected chi connectivity index (χ0v) is 10.9. The molecule has 0 amide bonds. The van der Waals surface area contributed by atoms with Crippen LogP contribution in [0.25, 0.3) is 5.78 Å². The van der Waals surface area contributed by atoms with Gasteiger partial charge in [-0.1, -0.05) is 0 Å². The fourth-order valence-electron chi connectivity index (χ4n) is 1.10. The van der Waals surface area contributed by atoms with Crippen molar-refractivity contribution in [3.63, 3.8) is 0 Å². The molecule has 2 heterocycles. The predicted molar refractivity (Wildman–Crippen MR) is 39.8 cm³/mol. The summed E-state index contributed by atoms with van der Waals surface area (Å²) in [4.78, 5) is 14.4. The predicted octanol–water partition coefficient (Wildman–Crippen LogP) is -4.20. The van der Waals surface area contributed by atoms with Gasteiger partial charge in [0.25, 0.3) is 5.78 Å². The Morgan fingerprint density at radius 3 is 2.93 bits per heavy atom. The Morgan fingerprint density at radius 1 is 1.57 bits per heavy atom. The first-order valence-corrected chi connectivity index (χ1v) is 3.57. The summed E-state index contributed by atoms with van der Waals surface area (Å²) in [5.41, 5.74) is 0.558. The van der Waals surface area contributed by atoms with Gasteiger partial charge in [-0.2, -0.15) is 0 Å². The Kier molecular flexibility index (Phi) is 3.73. The van der Waals surface area contributed by atoms with Crippen LogP contribution in [-0.4, -0.2) is 25.6 Å². The van der Waals surface area contributed by atoms with E-state index in [0.717, 1.165) is 0 Å². The van der Waals surface area contributed by atoms with Gasteiger partial charge in [-0.25, -0.2) is 4.98 Å². The Labute approximate surface area is 122 Å². The molecular weight excluding hydrogens is 211 g/mol. The molecule has 0 saturated carbocycles. The number of hydrogen-bond donors (Lipinski definition) is 0. The summed E-state index contributed by atoms with van der Waals surface area (Å²) < 4.78 is 1.49. The molecule has 66 valence electrons. The van der Waals surface area contributed by atoms with Crippen molar-refractivity contribution in [1.82, 2.24) is 19.6 Å². The van der Waals surface area contributed by atoms with Crippen LogP contribution in [0.15, 0.2) is 12.5 Å². The van der Waals surface area contributed by atoms with Crippen LogP contribution in [0, 0.1) is 6.92 Å². The molecule has 2 aromatic heterocycles. The molecule has 0 N–H and O–H groups in total. The minimum absolute atomic E-state index is 0. The molecule has 0 aliphatic heterocycles. The van der Waals surface area contributed by atoms with Crippen molar-refractivity contribution in [2.75, 3.05) is 0 Å². The molecule has 2 rings (SSSR count). The number of hydrogen-bond acceptors (Lipinski definition) is 5. The van der Waals surface area contributed by atoms with Gasteiger partial charge < -0.3 is 9.90 Å². The molecule has 0 atom stereocenters. The zero-order valence-electron chi connectivity index (χ0n) is 7.76. The molecular formula is C7H5KN4O2. The molecule has 0 unspecified atom stereocenters. The summed E-state index contributed by atoms with van der Waals surface area (Å²) in [7, 11) is 0. The second-order valence-electron chi connectivity index (χ2n) is 2.55. The first-order valence-electron chi connectivity index (χ1n) is 3.57. The average molecular weight is 216 g/mol. The molecule has 0 bridgehead atoms. The number of aromatic carboxylic acids is 1. The van der Waals surface area contributed by atoms with Crippen LogP contribution in [0.3, 0.4) is 0 Å². The summed E-state index contributed by atoms with van der Waals surface area (Å²) in [6.07, 6.45) is 2.62. The second-order valence-corrected chi connectivity index (χ2v) is 2.55. The maximum absolute atomic E-state index is 10.6. The fraction of sp³-hybridized carbons (Fsp3) is 0.143. The first kappa shape index (κ1) is 11.7. The zero-order chi connectivity index (χ0) is 9.42. The van der Waals surface area contributed by atoms with E-state index in [4.69, 9.17) is 0 Å². The molecule has 2 aromatic rings. The Bertz CT molecular complexity index is 481. The largest absolute Gasteiger partial charge is 1.00 e. The van der Waals surface area contributed by atoms with E-state index in [2.05, 4.69) is 15.2 Å². The summed E-state index contributed by atoms with van der Waals surface area (Å²) in [6, 6.07) is 0. The summed E-state index contributed by atoms with van der Waals surface area (Å²) in [6.45, 7) is 1.64. The van der Waals surface area contributed by atoms with E-state index >= 15 is 0 Å². The number of carboxylic acids is 1. The van der Waals surface area contributed by atoms with E-state index < -0.39 is 5.97 Å². The van der Waals surface area contributed by atoms with E-state index in [1.54, 1.807) is 6.92 Å². The molecule has 0 fully saturated rings. The topological polar surface area (TPSA) is 83.2 Å². The van der Waals surface area contributed by atoms with E-state index in [9.17, 15) is 9.90 Å². The number of aromatic nitrogens is 4. The van der Waals surface area contributed by atoms with Crippen molar-refractivity contribution in [3.05, 3.63) is 23.8 Å². The molecule has 0 radical (unpaired) electrons. The van der Waals surface area contributed by atoms with Crippen LogP contribution in [0.5, 0.6) is 0 Å². The average Bonchev–Trinajstić information content (AvgIpc) is 2.52. The Balaban J connectivity index is 0.000000980. The molecule has 0 aromatic carbocycles. The summed E-state index contributed by atoms with van der Waals surface area (Å²) >= 11 is 0. The number of fused-ring (bicyclic) bond motifs is 1. The van der Waals surface area contributed by atoms with Crippen LogP contribution >= 0.6 is 0 Å². The molecule has 0 aliphatic rings. The summed E-state index contributed by atoms with van der Waals surface area (Å²) in [5, 5.41) is 17.9. The minimum atomic E-state index is -1.25. The van der Waals surface area contributed by atoms with Gasteiger partial charge in [-0.3, -0.25) is 4.40 Å². The summed E-state index contributed by atoms with van der Waals surface area (Å²) in [5.74, 6) is -0.872. The number of carbonyl (C=O) groups is 1. The first-order chi connectivity index (χ1) is 6.20. The van der Waals surface area contributed by atoms with Crippen molar-refractivity contribution < 1.29 is 61.3 Å². The van der Waals surface area contributed by atoms with Crippen LogP contribution in [0.4, 0.5) is 0 Å². The Morgan fingerprint density at radius 2 is 2.29 bits per heavy atom. The van der Waals surface area contributed by atoms with Gasteiger partial charge in [0.15, 0.2) is 0 Å². The molecule has 0 spiro atoms. The van der Waals surface area contributed by atoms with Gasteiger partial charge in [0, 0.05) is 17.5 Å². The van der Waals surface area contributed by atoms with E-state index in [0.29, 0.717) is 11.5 Å². The van der Waals surface area contributed by atoms with Crippen LogP contribution in [-0.2, 0) is 0 Å². The van der Waals surface area contributed by atoms with Crippen molar-refractivity contribution in [3.8, 4) is 0 Å². The maximum atomic E-state index is 10.6. The number of rotatable bonds is 1. The fourth-order valence-corrected chi connectivity index (χ4v) is 1.10. The van der Waals surface area contributed by atoms with Crippen LogP contribution < -0.4 is 56.5 Å². The molecule has 14 heavy (non-hydrogen) atoms.